The van der Waals surface area contributed by atoms with E-state index in [0.717, 1.165) is 61.5 Å². The minimum absolute atomic E-state index is 0.121. The number of hydrogen-bond acceptors (Lipinski definition) is 5. The highest BCUT2D eigenvalue weighted by atomic mass is 16.5. The fraction of sp³-hybridized carbons (Fsp3) is 0.156. The summed E-state index contributed by atoms with van der Waals surface area (Å²) in [4.78, 5) is 15.7. The Balaban J connectivity index is 1.35. The predicted octanol–water partition coefficient (Wildman–Crippen LogP) is 9.61. The van der Waals surface area contributed by atoms with E-state index in [1.165, 1.54) is 0 Å². The third kappa shape index (κ3) is 6.02. The lowest BCUT2D eigenvalue weighted by Crippen LogP contribution is -2.40. The van der Waals surface area contributed by atoms with Gasteiger partial charge in [0.05, 0.1) is 32.3 Å². The first-order chi connectivity index (χ1) is 26.0. The molecule has 8 heteroatoms. The maximum Gasteiger partial charge on any atom is 0.322 e. The molecule has 1 aliphatic rings. The summed E-state index contributed by atoms with van der Waals surface area (Å²) in [6.45, 7) is 2.98. The van der Waals surface area contributed by atoms with Crippen LogP contribution in [0.25, 0.3) is 10.9 Å². The van der Waals surface area contributed by atoms with Gasteiger partial charge in [-0.05, 0) is 59.0 Å². The number of hydrogen-bond donors (Lipinski definition) is 2. The SMILES string of the molecule is COc1ccc(CNc2nn(C(c3ccccc3)(c3ccccc3)c3ccccc3)c3cc4c(cc23)CN(C(C)c2ccccc2)C(=O)N4)c(OC)c1. The molecule has 1 aromatic heterocycles. The van der Waals surface area contributed by atoms with Crippen molar-refractivity contribution in [3.63, 3.8) is 0 Å². The Hall–Kier alpha value is -6.54. The third-order valence-electron chi connectivity index (χ3n) is 10.3. The van der Waals surface area contributed by atoms with Gasteiger partial charge in [-0.3, -0.25) is 0 Å². The maximum atomic E-state index is 13.8. The molecule has 53 heavy (non-hydrogen) atoms. The van der Waals surface area contributed by atoms with Crippen LogP contribution in [-0.4, -0.2) is 34.9 Å². The molecule has 1 atom stereocenters. The zero-order valence-corrected chi connectivity index (χ0v) is 30.0. The molecule has 0 spiro atoms. The fourth-order valence-electron chi connectivity index (χ4n) is 7.59. The standard InChI is InChI=1S/C45H41N5O3/c1-31(32-16-8-4-9-17-32)49-30-34-26-39-41(28-40(34)47-44(49)51)50(48-43(39)46-29-33-24-25-38(52-2)27-42(33)53-3)45(35-18-10-5-11-19-35,36-20-12-6-13-21-36)37-22-14-7-15-23-37/h4-28,31H,29-30H2,1-3H3,(H,46,48)(H,47,51). The van der Waals surface area contributed by atoms with E-state index in [2.05, 4.69) is 119 Å². The Bertz CT molecular complexity index is 2270. The van der Waals surface area contributed by atoms with Gasteiger partial charge < -0.3 is 25.0 Å². The van der Waals surface area contributed by atoms with Gasteiger partial charge in [-0.2, -0.15) is 5.10 Å². The second kappa shape index (κ2) is 14.2. The number of nitrogens with zero attached hydrogens (tertiary/aromatic N) is 3. The number of rotatable bonds is 11. The van der Waals surface area contributed by atoms with Gasteiger partial charge in [-0.15, -0.1) is 0 Å². The summed E-state index contributed by atoms with van der Waals surface area (Å²) in [5, 5.41) is 13.4. The van der Waals surface area contributed by atoms with Crippen LogP contribution in [0.3, 0.4) is 0 Å². The molecule has 0 bridgehead atoms. The number of urea groups is 1. The van der Waals surface area contributed by atoms with Crippen molar-refractivity contribution in [1.82, 2.24) is 14.7 Å². The van der Waals surface area contributed by atoms with Crippen LogP contribution in [0.4, 0.5) is 16.3 Å². The molecule has 264 valence electrons. The van der Waals surface area contributed by atoms with Crippen LogP contribution in [-0.2, 0) is 18.6 Å². The lowest BCUT2D eigenvalue weighted by molar-refractivity contribution is 0.186. The molecule has 6 aromatic carbocycles. The summed E-state index contributed by atoms with van der Waals surface area (Å²) in [5.74, 6) is 2.16. The number of methoxy groups -OCH3 is 2. The number of carbonyl (C=O) groups excluding carboxylic acids is 1. The van der Waals surface area contributed by atoms with Crippen molar-refractivity contribution in [2.45, 2.75) is 31.6 Å². The molecule has 0 saturated heterocycles. The Labute approximate surface area is 309 Å². The van der Waals surface area contributed by atoms with Crippen molar-refractivity contribution >= 4 is 28.4 Å². The fourth-order valence-corrected chi connectivity index (χ4v) is 7.59. The molecule has 1 unspecified atom stereocenters. The van der Waals surface area contributed by atoms with Gasteiger partial charge in [-0.25, -0.2) is 9.48 Å². The normalized spacial score (nSPS) is 13.3. The van der Waals surface area contributed by atoms with Gasteiger partial charge in [0.2, 0.25) is 0 Å². The summed E-state index contributed by atoms with van der Waals surface area (Å²) in [7, 11) is 3.31. The Morgan fingerprint density at radius 2 is 1.34 bits per heavy atom. The van der Waals surface area contributed by atoms with Crippen LogP contribution in [0.15, 0.2) is 152 Å². The van der Waals surface area contributed by atoms with E-state index in [-0.39, 0.29) is 12.1 Å². The summed E-state index contributed by atoms with van der Waals surface area (Å²) < 4.78 is 13.3. The van der Waals surface area contributed by atoms with Gasteiger partial charge >= 0.3 is 6.03 Å². The number of fused-ring (bicyclic) bond motifs is 2. The molecule has 0 fully saturated rings. The molecular weight excluding hydrogens is 659 g/mol. The van der Waals surface area contributed by atoms with Gasteiger partial charge in [0.25, 0.3) is 0 Å². The highest BCUT2D eigenvalue weighted by Crippen LogP contribution is 2.45. The van der Waals surface area contributed by atoms with Crippen LogP contribution >= 0.6 is 0 Å². The summed E-state index contributed by atoms with van der Waals surface area (Å²) in [6, 6.07) is 51.5. The van der Waals surface area contributed by atoms with E-state index in [9.17, 15) is 4.79 Å². The molecule has 2 amide bonds. The van der Waals surface area contributed by atoms with Crippen molar-refractivity contribution in [2.75, 3.05) is 24.9 Å². The average molecular weight is 700 g/mol. The minimum Gasteiger partial charge on any atom is -0.497 e. The number of nitrogens with one attached hydrogen (secondary N) is 2. The van der Waals surface area contributed by atoms with Crippen molar-refractivity contribution < 1.29 is 14.3 Å². The largest absolute Gasteiger partial charge is 0.497 e. The molecule has 2 heterocycles. The Kier molecular flexibility index (Phi) is 9.02. The van der Waals surface area contributed by atoms with Crippen LogP contribution in [0, 0.1) is 0 Å². The summed E-state index contributed by atoms with van der Waals surface area (Å²) in [6.07, 6.45) is 0. The summed E-state index contributed by atoms with van der Waals surface area (Å²) >= 11 is 0. The minimum atomic E-state index is -0.874. The van der Waals surface area contributed by atoms with E-state index in [4.69, 9.17) is 14.6 Å². The van der Waals surface area contributed by atoms with Gasteiger partial charge in [0.1, 0.15) is 17.0 Å². The van der Waals surface area contributed by atoms with E-state index < -0.39 is 5.54 Å². The van der Waals surface area contributed by atoms with Crippen LogP contribution in [0.2, 0.25) is 0 Å². The second-order valence-corrected chi connectivity index (χ2v) is 13.3. The molecule has 7 aromatic rings. The zero-order chi connectivity index (χ0) is 36.4. The molecule has 8 nitrogen and oxygen atoms in total. The first-order valence-corrected chi connectivity index (χ1v) is 17.8. The monoisotopic (exact) mass is 699 g/mol. The maximum absolute atomic E-state index is 13.8. The van der Waals surface area contributed by atoms with E-state index in [1.807, 2.05) is 59.5 Å². The smallest absolute Gasteiger partial charge is 0.322 e. The highest BCUT2D eigenvalue weighted by Gasteiger charge is 2.41. The van der Waals surface area contributed by atoms with E-state index in [0.29, 0.717) is 18.9 Å². The Morgan fingerprint density at radius 1 is 0.755 bits per heavy atom. The zero-order valence-electron chi connectivity index (χ0n) is 30.0. The van der Waals surface area contributed by atoms with Crippen molar-refractivity contribution in [3.05, 3.63) is 185 Å². The number of ether oxygens (including phenoxy) is 2. The first kappa shape index (κ1) is 33.6. The van der Waals surface area contributed by atoms with Gasteiger partial charge in [0, 0.05) is 29.2 Å². The number of amides is 2. The quantitative estimate of drug-likeness (QED) is 0.132. The van der Waals surface area contributed by atoms with E-state index >= 15 is 0 Å². The van der Waals surface area contributed by atoms with Gasteiger partial charge in [0.15, 0.2) is 5.82 Å². The van der Waals surface area contributed by atoms with Crippen molar-refractivity contribution in [3.8, 4) is 11.5 Å². The van der Waals surface area contributed by atoms with Crippen LogP contribution in [0.1, 0.15) is 46.3 Å². The number of carbonyl (C=O) groups is 1. The summed E-state index contributed by atoms with van der Waals surface area (Å²) in [5.41, 5.74) is 6.97. The topological polar surface area (TPSA) is 80.7 Å². The molecule has 2 N–H and O–H groups in total. The lowest BCUT2D eigenvalue weighted by Gasteiger charge is -2.37. The second-order valence-electron chi connectivity index (χ2n) is 13.3. The molecule has 8 rings (SSSR count). The number of benzene rings is 6. The van der Waals surface area contributed by atoms with E-state index in [1.54, 1.807) is 14.2 Å². The van der Waals surface area contributed by atoms with Crippen molar-refractivity contribution in [1.29, 1.82) is 0 Å². The Morgan fingerprint density at radius 3 is 1.91 bits per heavy atom. The lowest BCUT2D eigenvalue weighted by atomic mass is 9.77. The van der Waals surface area contributed by atoms with Crippen LogP contribution in [0.5, 0.6) is 11.5 Å². The number of anilines is 2. The molecule has 0 radical (unpaired) electrons. The first-order valence-electron chi connectivity index (χ1n) is 17.8. The molecular formula is C45H41N5O3. The van der Waals surface area contributed by atoms with Crippen molar-refractivity contribution in [2.24, 2.45) is 0 Å². The third-order valence-corrected chi connectivity index (χ3v) is 10.3. The molecule has 0 saturated carbocycles. The molecule has 0 aliphatic carbocycles. The van der Waals surface area contributed by atoms with Gasteiger partial charge in [-0.1, -0.05) is 121 Å². The average Bonchev–Trinajstić information content (AvgIpc) is 3.57. The number of aromatic nitrogens is 2. The molecule has 1 aliphatic heterocycles. The van der Waals surface area contributed by atoms with Crippen LogP contribution < -0.4 is 20.1 Å². The highest BCUT2D eigenvalue weighted by molar-refractivity contribution is 5.99. The predicted molar refractivity (Wildman–Crippen MR) is 211 cm³/mol.